The molecule has 1 rings (SSSR count). The quantitative estimate of drug-likeness (QED) is 0.484. The van der Waals surface area contributed by atoms with E-state index < -0.39 is 0 Å². The Bertz CT molecular complexity index is 410. The summed E-state index contributed by atoms with van der Waals surface area (Å²) >= 11 is 4.00. The Labute approximate surface area is 125 Å². The zero-order chi connectivity index (χ0) is 14.6. The number of carbonyl (C=O) groups excluding carboxylic acids is 2. The Hall–Kier alpha value is -1.49. The number of nitrogens with one attached hydrogen (secondary N) is 2. The number of benzene rings is 1. The maximum absolute atomic E-state index is 11.6. The van der Waals surface area contributed by atoms with E-state index >= 15 is 0 Å². The average molecular weight is 294 g/mol. The number of anilines is 1. The highest BCUT2D eigenvalue weighted by Crippen LogP contribution is 2.07. The molecular weight excluding hydrogens is 272 g/mol. The maximum atomic E-state index is 11.6. The summed E-state index contributed by atoms with van der Waals surface area (Å²) in [7, 11) is 0. The second-order valence-electron chi connectivity index (χ2n) is 4.55. The van der Waals surface area contributed by atoms with Crippen molar-refractivity contribution >= 4 is 30.1 Å². The van der Waals surface area contributed by atoms with Gasteiger partial charge in [0.1, 0.15) is 0 Å². The van der Waals surface area contributed by atoms with E-state index in [9.17, 15) is 9.59 Å². The molecule has 5 heteroatoms. The molecule has 110 valence electrons. The molecule has 0 saturated carbocycles. The van der Waals surface area contributed by atoms with Crippen LogP contribution in [0.25, 0.3) is 0 Å². The minimum absolute atomic E-state index is 0.0373. The van der Waals surface area contributed by atoms with Crippen molar-refractivity contribution in [3.05, 3.63) is 30.3 Å². The van der Waals surface area contributed by atoms with Gasteiger partial charge >= 0.3 is 0 Å². The smallest absolute Gasteiger partial charge is 0.224 e. The predicted molar refractivity (Wildman–Crippen MR) is 85.0 cm³/mol. The van der Waals surface area contributed by atoms with Crippen LogP contribution in [0.4, 0.5) is 5.69 Å². The van der Waals surface area contributed by atoms with Crippen molar-refractivity contribution in [2.24, 2.45) is 0 Å². The molecule has 0 heterocycles. The highest BCUT2D eigenvalue weighted by atomic mass is 32.1. The van der Waals surface area contributed by atoms with Gasteiger partial charge in [-0.3, -0.25) is 9.59 Å². The molecule has 0 aliphatic heterocycles. The van der Waals surface area contributed by atoms with E-state index in [1.807, 2.05) is 30.3 Å². The van der Waals surface area contributed by atoms with Gasteiger partial charge in [-0.25, -0.2) is 0 Å². The van der Waals surface area contributed by atoms with Gasteiger partial charge in [0, 0.05) is 25.1 Å². The number of carbonyl (C=O) groups is 2. The molecule has 0 aliphatic rings. The molecule has 2 N–H and O–H groups in total. The number of para-hydroxylation sites is 1. The van der Waals surface area contributed by atoms with Crippen LogP contribution in [0.1, 0.15) is 32.1 Å². The minimum atomic E-state index is 0.0373. The van der Waals surface area contributed by atoms with E-state index in [1.54, 1.807) is 0 Å². The van der Waals surface area contributed by atoms with E-state index in [0.29, 0.717) is 25.1 Å². The van der Waals surface area contributed by atoms with Gasteiger partial charge in [0.05, 0.1) is 0 Å². The van der Waals surface area contributed by atoms with Crippen LogP contribution in [0.2, 0.25) is 0 Å². The topological polar surface area (TPSA) is 58.2 Å². The Kier molecular flexibility index (Phi) is 8.54. The highest BCUT2D eigenvalue weighted by Gasteiger charge is 2.02. The van der Waals surface area contributed by atoms with Gasteiger partial charge in [0.25, 0.3) is 0 Å². The van der Waals surface area contributed by atoms with Gasteiger partial charge in [-0.05, 0) is 30.7 Å². The molecule has 0 spiro atoms. The van der Waals surface area contributed by atoms with Crippen molar-refractivity contribution in [1.29, 1.82) is 0 Å². The molecule has 20 heavy (non-hydrogen) atoms. The van der Waals surface area contributed by atoms with Crippen LogP contribution in [0, 0.1) is 0 Å². The molecule has 0 bridgehead atoms. The molecule has 0 atom stereocenters. The Balaban J connectivity index is 2.01. The summed E-state index contributed by atoms with van der Waals surface area (Å²) in [5.74, 6) is 0.656. The standard InChI is InChI=1S/C15H22N2O2S/c18-14(10-12-20)16-11-6-2-5-9-15(19)17-13-7-3-1-4-8-13/h1,3-4,7-8,20H,2,5-6,9-12H2,(H,16,18)(H,17,19). The third-order valence-corrected chi connectivity index (χ3v) is 3.02. The fourth-order valence-electron chi connectivity index (χ4n) is 1.75. The molecule has 4 nitrogen and oxygen atoms in total. The number of hydrogen-bond acceptors (Lipinski definition) is 3. The first kappa shape index (κ1) is 16.6. The molecule has 0 aliphatic carbocycles. The van der Waals surface area contributed by atoms with Crippen LogP contribution in [0.15, 0.2) is 30.3 Å². The maximum Gasteiger partial charge on any atom is 0.224 e. The molecule has 0 unspecified atom stereocenters. The lowest BCUT2D eigenvalue weighted by molar-refractivity contribution is -0.120. The Morgan fingerprint density at radius 1 is 0.950 bits per heavy atom. The third kappa shape index (κ3) is 7.84. The zero-order valence-corrected chi connectivity index (χ0v) is 12.5. The molecule has 1 aromatic rings. The van der Waals surface area contributed by atoms with Crippen molar-refractivity contribution < 1.29 is 9.59 Å². The largest absolute Gasteiger partial charge is 0.356 e. The second kappa shape index (κ2) is 10.3. The summed E-state index contributed by atoms with van der Waals surface area (Å²) in [6.07, 6.45) is 3.64. The Morgan fingerprint density at radius 2 is 1.70 bits per heavy atom. The average Bonchev–Trinajstić information content (AvgIpc) is 2.44. The monoisotopic (exact) mass is 294 g/mol. The Morgan fingerprint density at radius 3 is 2.40 bits per heavy atom. The lowest BCUT2D eigenvalue weighted by Gasteiger charge is -2.05. The number of unbranched alkanes of at least 4 members (excludes halogenated alkanes) is 2. The molecule has 1 aromatic carbocycles. The summed E-state index contributed by atoms with van der Waals surface area (Å²) in [4.78, 5) is 22.8. The molecular formula is C15H22N2O2S. The van der Waals surface area contributed by atoms with Crippen molar-refractivity contribution in [2.45, 2.75) is 32.1 Å². The number of thiol groups is 1. The zero-order valence-electron chi connectivity index (χ0n) is 11.6. The number of hydrogen-bond donors (Lipinski definition) is 3. The van der Waals surface area contributed by atoms with Gasteiger partial charge in [-0.2, -0.15) is 12.6 Å². The lowest BCUT2D eigenvalue weighted by atomic mass is 10.2. The van der Waals surface area contributed by atoms with Gasteiger partial charge in [-0.15, -0.1) is 0 Å². The van der Waals surface area contributed by atoms with Gasteiger partial charge in [-0.1, -0.05) is 24.6 Å². The summed E-state index contributed by atoms with van der Waals surface area (Å²) in [5.41, 5.74) is 0.830. The lowest BCUT2D eigenvalue weighted by Crippen LogP contribution is -2.24. The first-order chi connectivity index (χ1) is 9.72. The molecule has 0 saturated heterocycles. The van der Waals surface area contributed by atoms with Crippen LogP contribution < -0.4 is 10.6 Å². The van der Waals surface area contributed by atoms with Gasteiger partial charge in [0.15, 0.2) is 0 Å². The number of rotatable bonds is 9. The van der Waals surface area contributed by atoms with E-state index in [4.69, 9.17) is 0 Å². The fourth-order valence-corrected chi connectivity index (χ4v) is 1.95. The summed E-state index contributed by atoms with van der Waals surface area (Å²) in [6.45, 7) is 0.674. The van der Waals surface area contributed by atoms with Crippen LogP contribution in [0.5, 0.6) is 0 Å². The van der Waals surface area contributed by atoms with Gasteiger partial charge < -0.3 is 10.6 Å². The summed E-state index contributed by atoms with van der Waals surface area (Å²) in [6, 6.07) is 9.44. The van der Waals surface area contributed by atoms with Crippen molar-refractivity contribution in [2.75, 3.05) is 17.6 Å². The van der Waals surface area contributed by atoms with E-state index in [1.165, 1.54) is 0 Å². The van der Waals surface area contributed by atoms with Gasteiger partial charge in [0.2, 0.25) is 11.8 Å². The second-order valence-corrected chi connectivity index (χ2v) is 5.00. The number of amides is 2. The predicted octanol–water partition coefficient (Wildman–Crippen LogP) is 2.62. The first-order valence-electron chi connectivity index (χ1n) is 6.95. The minimum Gasteiger partial charge on any atom is -0.356 e. The highest BCUT2D eigenvalue weighted by molar-refractivity contribution is 7.80. The van der Waals surface area contributed by atoms with E-state index in [0.717, 1.165) is 24.9 Å². The third-order valence-electron chi connectivity index (χ3n) is 2.80. The molecule has 0 radical (unpaired) electrons. The van der Waals surface area contributed by atoms with E-state index in [-0.39, 0.29) is 11.8 Å². The van der Waals surface area contributed by atoms with E-state index in [2.05, 4.69) is 23.3 Å². The summed E-state index contributed by atoms with van der Waals surface area (Å²) < 4.78 is 0. The van der Waals surface area contributed by atoms with Crippen LogP contribution in [-0.4, -0.2) is 24.1 Å². The SMILES string of the molecule is O=C(CCS)NCCCCCC(=O)Nc1ccccc1. The first-order valence-corrected chi connectivity index (χ1v) is 7.58. The van der Waals surface area contributed by atoms with Crippen molar-refractivity contribution in [1.82, 2.24) is 5.32 Å². The summed E-state index contributed by atoms with van der Waals surface area (Å²) in [5, 5.41) is 5.67. The fraction of sp³-hybridized carbons (Fsp3) is 0.467. The molecule has 0 fully saturated rings. The van der Waals surface area contributed by atoms with Crippen LogP contribution >= 0.6 is 12.6 Å². The molecule has 0 aromatic heterocycles. The molecule has 2 amide bonds. The normalized spacial score (nSPS) is 10.1. The van der Waals surface area contributed by atoms with Crippen LogP contribution in [0.3, 0.4) is 0 Å². The van der Waals surface area contributed by atoms with Crippen LogP contribution in [-0.2, 0) is 9.59 Å². The van der Waals surface area contributed by atoms with Crippen molar-refractivity contribution in [3.63, 3.8) is 0 Å². The van der Waals surface area contributed by atoms with Crippen molar-refractivity contribution in [3.8, 4) is 0 Å².